The Kier molecular flexibility index (Phi) is 9.53. The van der Waals surface area contributed by atoms with E-state index in [-0.39, 0.29) is 36.2 Å². The molecule has 5 nitrogen and oxygen atoms in total. The summed E-state index contributed by atoms with van der Waals surface area (Å²) in [7, 11) is 1.84. The molecule has 1 aliphatic rings. The number of rotatable bonds is 7. The van der Waals surface area contributed by atoms with E-state index >= 15 is 0 Å². The molecule has 140 valence electrons. The first-order valence-electron chi connectivity index (χ1n) is 8.93. The third kappa shape index (κ3) is 6.33. The second-order valence-corrected chi connectivity index (χ2v) is 6.39. The lowest BCUT2D eigenvalue weighted by Crippen LogP contribution is -2.47. The maximum absolute atomic E-state index is 12.8. The van der Waals surface area contributed by atoms with Crippen LogP contribution in [-0.4, -0.2) is 49.4 Å². The van der Waals surface area contributed by atoms with Gasteiger partial charge in [-0.2, -0.15) is 0 Å². The zero-order valence-electron chi connectivity index (χ0n) is 15.2. The van der Waals surface area contributed by atoms with Crippen LogP contribution < -0.4 is 10.6 Å². The number of hydrogen-bond acceptors (Lipinski definition) is 3. The zero-order valence-corrected chi connectivity index (χ0v) is 16.0. The normalized spacial score (nSPS) is 16.0. The molecule has 2 rings (SSSR count). The van der Waals surface area contributed by atoms with Crippen molar-refractivity contribution in [3.05, 3.63) is 35.9 Å². The summed E-state index contributed by atoms with van der Waals surface area (Å²) in [6.45, 7) is 4.20. The lowest BCUT2D eigenvalue weighted by Gasteiger charge is -2.34. The first kappa shape index (κ1) is 21.5. The molecule has 1 atom stereocenters. The molecule has 2 N–H and O–H groups in total. The van der Waals surface area contributed by atoms with E-state index in [0.717, 1.165) is 37.9 Å². The van der Waals surface area contributed by atoms with Gasteiger partial charge in [0.05, 0.1) is 5.92 Å². The van der Waals surface area contributed by atoms with Gasteiger partial charge in [0.2, 0.25) is 11.8 Å². The van der Waals surface area contributed by atoms with E-state index < -0.39 is 0 Å². The number of nitrogens with one attached hydrogen (secondary N) is 2. The monoisotopic (exact) mass is 367 g/mol. The lowest BCUT2D eigenvalue weighted by atomic mass is 9.93. The maximum Gasteiger partial charge on any atom is 0.230 e. The molecule has 1 fully saturated rings. The van der Waals surface area contributed by atoms with Crippen molar-refractivity contribution >= 4 is 24.2 Å². The summed E-state index contributed by atoms with van der Waals surface area (Å²) in [6, 6.07) is 10.2. The summed E-state index contributed by atoms with van der Waals surface area (Å²) >= 11 is 0. The molecule has 0 aromatic heterocycles. The Hall–Kier alpha value is -1.59. The fraction of sp³-hybridized carbons (Fsp3) is 0.579. The number of nitrogens with zero attached hydrogens (tertiary/aromatic N) is 1. The molecule has 0 bridgehead atoms. The van der Waals surface area contributed by atoms with Crippen LogP contribution in [-0.2, 0) is 9.59 Å². The van der Waals surface area contributed by atoms with Crippen LogP contribution in [0.2, 0.25) is 0 Å². The van der Waals surface area contributed by atoms with Crippen molar-refractivity contribution in [2.75, 3.05) is 26.7 Å². The summed E-state index contributed by atoms with van der Waals surface area (Å²) in [5.74, 6) is 0.237. The first-order valence-corrected chi connectivity index (χ1v) is 8.93. The van der Waals surface area contributed by atoms with Gasteiger partial charge in [0, 0.05) is 32.1 Å². The van der Waals surface area contributed by atoms with Crippen molar-refractivity contribution < 1.29 is 9.59 Å². The van der Waals surface area contributed by atoms with E-state index in [4.69, 9.17) is 0 Å². The minimum absolute atomic E-state index is 0. The molecule has 25 heavy (non-hydrogen) atoms. The highest BCUT2D eigenvalue weighted by Gasteiger charge is 2.28. The summed E-state index contributed by atoms with van der Waals surface area (Å²) in [6.07, 6.45) is 2.98. The predicted molar refractivity (Wildman–Crippen MR) is 103 cm³/mol. The van der Waals surface area contributed by atoms with Gasteiger partial charge in [-0.1, -0.05) is 37.3 Å². The molecule has 1 saturated heterocycles. The average molecular weight is 368 g/mol. The Morgan fingerprint density at radius 1 is 1.20 bits per heavy atom. The summed E-state index contributed by atoms with van der Waals surface area (Å²) < 4.78 is 0. The molecule has 1 unspecified atom stereocenters. The Morgan fingerprint density at radius 2 is 1.84 bits per heavy atom. The smallest absolute Gasteiger partial charge is 0.230 e. The molecule has 0 saturated carbocycles. The second-order valence-electron chi connectivity index (χ2n) is 6.39. The molecule has 2 amide bonds. The van der Waals surface area contributed by atoms with Gasteiger partial charge in [-0.3, -0.25) is 9.59 Å². The van der Waals surface area contributed by atoms with Crippen LogP contribution in [0.25, 0.3) is 0 Å². The minimum atomic E-state index is -0.0621. The number of likely N-dealkylation sites (tertiary alicyclic amines) is 1. The van der Waals surface area contributed by atoms with Crippen LogP contribution >= 0.6 is 12.4 Å². The van der Waals surface area contributed by atoms with Crippen LogP contribution in [0.15, 0.2) is 30.3 Å². The lowest BCUT2D eigenvalue weighted by molar-refractivity contribution is -0.134. The average Bonchev–Trinajstić information content (AvgIpc) is 2.62. The molecular weight excluding hydrogens is 338 g/mol. The molecule has 6 heteroatoms. The van der Waals surface area contributed by atoms with Crippen molar-refractivity contribution in [1.29, 1.82) is 0 Å². The largest absolute Gasteiger partial charge is 0.353 e. The molecule has 1 aromatic rings. The number of benzene rings is 1. The fourth-order valence-electron chi connectivity index (χ4n) is 3.24. The van der Waals surface area contributed by atoms with Crippen LogP contribution in [0.3, 0.4) is 0 Å². The van der Waals surface area contributed by atoms with Crippen molar-refractivity contribution in [3.63, 3.8) is 0 Å². The number of piperidine rings is 1. The number of halogens is 1. The van der Waals surface area contributed by atoms with Gasteiger partial charge in [0.15, 0.2) is 0 Å². The Morgan fingerprint density at radius 3 is 2.40 bits per heavy atom. The van der Waals surface area contributed by atoms with Crippen molar-refractivity contribution in [1.82, 2.24) is 15.5 Å². The number of carbonyl (C=O) groups excluding carboxylic acids is 2. The maximum atomic E-state index is 12.8. The van der Waals surface area contributed by atoms with Crippen molar-refractivity contribution in [2.24, 2.45) is 0 Å². The molecule has 0 spiro atoms. The van der Waals surface area contributed by atoms with Crippen LogP contribution in [0.5, 0.6) is 0 Å². The molecule has 1 aliphatic heterocycles. The predicted octanol–water partition coefficient (Wildman–Crippen LogP) is 2.32. The van der Waals surface area contributed by atoms with E-state index in [1.54, 1.807) is 0 Å². The molecule has 0 radical (unpaired) electrons. The summed E-state index contributed by atoms with van der Waals surface area (Å²) in [4.78, 5) is 26.6. The zero-order chi connectivity index (χ0) is 17.4. The van der Waals surface area contributed by atoms with Crippen molar-refractivity contribution in [2.45, 2.75) is 44.6 Å². The minimum Gasteiger partial charge on any atom is -0.353 e. The van der Waals surface area contributed by atoms with E-state index in [1.807, 2.05) is 42.3 Å². The molecule has 1 heterocycles. The fourth-order valence-corrected chi connectivity index (χ4v) is 3.24. The van der Waals surface area contributed by atoms with E-state index in [1.165, 1.54) is 0 Å². The van der Waals surface area contributed by atoms with E-state index in [9.17, 15) is 9.59 Å². The van der Waals surface area contributed by atoms with Gasteiger partial charge >= 0.3 is 0 Å². The topological polar surface area (TPSA) is 61.4 Å². The van der Waals surface area contributed by atoms with Gasteiger partial charge in [-0.15, -0.1) is 12.4 Å². The summed E-state index contributed by atoms with van der Waals surface area (Å²) in [5.41, 5.74) is 1.09. The summed E-state index contributed by atoms with van der Waals surface area (Å²) in [5, 5.41) is 6.05. The quantitative estimate of drug-likeness (QED) is 0.777. The van der Waals surface area contributed by atoms with Gasteiger partial charge < -0.3 is 15.5 Å². The van der Waals surface area contributed by atoms with E-state index in [2.05, 4.69) is 17.6 Å². The highest BCUT2D eigenvalue weighted by molar-refractivity contribution is 5.85. The van der Waals surface area contributed by atoms with Gasteiger partial charge in [-0.05, 0) is 31.9 Å². The molecular formula is C19H30ClN3O2. The Labute approximate surface area is 157 Å². The number of hydrogen-bond donors (Lipinski definition) is 2. The highest BCUT2D eigenvalue weighted by Crippen LogP contribution is 2.24. The Bertz CT molecular complexity index is 531. The number of amides is 2. The van der Waals surface area contributed by atoms with Gasteiger partial charge in [0.1, 0.15) is 0 Å². The highest BCUT2D eigenvalue weighted by atomic mass is 35.5. The van der Waals surface area contributed by atoms with E-state index in [0.29, 0.717) is 13.0 Å². The molecule has 1 aromatic carbocycles. The number of carbonyl (C=O) groups is 2. The Balaban J connectivity index is 0.00000312. The van der Waals surface area contributed by atoms with Crippen LogP contribution in [0.1, 0.15) is 44.1 Å². The van der Waals surface area contributed by atoms with Gasteiger partial charge in [0.25, 0.3) is 0 Å². The van der Waals surface area contributed by atoms with Crippen molar-refractivity contribution in [3.8, 4) is 0 Å². The van der Waals surface area contributed by atoms with Crippen LogP contribution in [0, 0.1) is 0 Å². The second kappa shape index (κ2) is 11.1. The van der Waals surface area contributed by atoms with Gasteiger partial charge in [-0.25, -0.2) is 0 Å². The SMILES string of the molecule is CCC(C(=O)N1CCC(NC(=O)CCNC)CC1)c1ccccc1.Cl. The molecule has 0 aliphatic carbocycles. The third-order valence-electron chi connectivity index (χ3n) is 4.68. The van der Waals surface area contributed by atoms with Crippen LogP contribution in [0.4, 0.5) is 0 Å². The first-order chi connectivity index (χ1) is 11.7. The third-order valence-corrected chi connectivity index (χ3v) is 4.68. The standard InChI is InChI=1S/C19H29N3O2.ClH/c1-3-17(15-7-5-4-6-8-15)19(24)22-13-10-16(11-14-22)21-18(23)9-12-20-2;/h4-8,16-17,20H,3,9-14H2,1-2H3,(H,21,23);1H.